The van der Waals surface area contributed by atoms with Crippen molar-refractivity contribution in [2.24, 2.45) is 0 Å². The average molecular weight is 303 g/mol. The predicted octanol–water partition coefficient (Wildman–Crippen LogP) is 2.40. The van der Waals surface area contributed by atoms with Crippen molar-refractivity contribution in [3.63, 3.8) is 0 Å². The molecule has 2 aromatic heterocycles. The summed E-state index contributed by atoms with van der Waals surface area (Å²) in [4.78, 5) is 21.2. The molecule has 0 amide bonds. The molecule has 0 atom stereocenters. The van der Waals surface area contributed by atoms with Crippen LogP contribution in [0.15, 0.2) is 65.5 Å². The predicted molar refractivity (Wildman–Crippen MR) is 91.2 cm³/mol. The van der Waals surface area contributed by atoms with Crippen LogP contribution in [-0.4, -0.2) is 14.6 Å². The van der Waals surface area contributed by atoms with Gasteiger partial charge in [-0.3, -0.25) is 4.79 Å². The number of anilines is 2. The first kappa shape index (κ1) is 13.3. The molecule has 0 unspecified atom stereocenters. The molecule has 0 saturated heterocycles. The third kappa shape index (κ3) is 2.26. The number of hydrogen-bond acceptors (Lipinski definition) is 5. The Morgan fingerprint density at radius 1 is 0.870 bits per heavy atom. The Hall–Kier alpha value is -3.41. The first-order valence-electron chi connectivity index (χ1n) is 7.12. The molecule has 0 aliphatic rings. The van der Waals surface area contributed by atoms with Crippen molar-refractivity contribution in [2.75, 3.05) is 11.2 Å². The maximum absolute atomic E-state index is 12.3. The molecule has 0 radical (unpaired) electrons. The molecule has 0 saturated carbocycles. The maximum Gasteiger partial charge on any atom is 0.281 e. The van der Waals surface area contributed by atoms with Crippen LogP contribution in [0.5, 0.6) is 0 Å². The highest BCUT2D eigenvalue weighted by atomic mass is 16.1. The van der Waals surface area contributed by atoms with Crippen LogP contribution >= 0.6 is 0 Å². The zero-order valence-electron chi connectivity index (χ0n) is 12.1. The van der Waals surface area contributed by atoms with E-state index in [4.69, 9.17) is 5.84 Å². The lowest BCUT2D eigenvalue weighted by Crippen LogP contribution is -2.30. The number of pyridine rings is 1. The maximum atomic E-state index is 12.3. The molecular weight excluding hydrogens is 290 g/mol. The number of rotatable bonds is 2. The van der Waals surface area contributed by atoms with E-state index in [1.165, 1.54) is 0 Å². The van der Waals surface area contributed by atoms with Crippen LogP contribution in [-0.2, 0) is 0 Å². The molecule has 23 heavy (non-hydrogen) atoms. The molecule has 0 bridgehead atoms. The number of hydrogen-bond donors (Lipinski definition) is 2. The highest BCUT2D eigenvalue weighted by Gasteiger charge is 2.09. The molecule has 0 fully saturated rings. The number of aromatic nitrogens is 3. The standard InChI is InChI=1S/C17H13N5O/c18-22-16(23)12-6-2-4-8-14(12)20-17(22)21-15-10-9-11-5-1-3-7-13(11)19-15/h1-10H,18H2,(H,19,20,21). The van der Waals surface area contributed by atoms with Crippen LogP contribution in [0.3, 0.4) is 0 Å². The highest BCUT2D eigenvalue weighted by molar-refractivity contribution is 5.81. The summed E-state index contributed by atoms with van der Waals surface area (Å²) in [5, 5.41) is 4.53. The quantitative estimate of drug-likeness (QED) is 0.555. The van der Waals surface area contributed by atoms with Gasteiger partial charge in [-0.05, 0) is 30.3 Å². The van der Waals surface area contributed by atoms with Gasteiger partial charge in [-0.2, -0.15) is 4.68 Å². The van der Waals surface area contributed by atoms with Gasteiger partial charge in [-0.15, -0.1) is 0 Å². The fourth-order valence-electron chi connectivity index (χ4n) is 2.48. The number of nitrogens with two attached hydrogens (primary N) is 1. The van der Waals surface area contributed by atoms with Crippen LogP contribution in [0.25, 0.3) is 21.8 Å². The molecular formula is C17H13N5O. The van der Waals surface area contributed by atoms with Crippen molar-refractivity contribution in [1.29, 1.82) is 0 Å². The van der Waals surface area contributed by atoms with Crippen LogP contribution in [0, 0.1) is 0 Å². The lowest BCUT2D eigenvalue weighted by atomic mass is 10.2. The van der Waals surface area contributed by atoms with Crippen molar-refractivity contribution in [2.45, 2.75) is 0 Å². The van der Waals surface area contributed by atoms with E-state index >= 15 is 0 Å². The average Bonchev–Trinajstić information content (AvgIpc) is 2.59. The summed E-state index contributed by atoms with van der Waals surface area (Å²) in [5.74, 6) is 6.68. The topological polar surface area (TPSA) is 85.8 Å². The Morgan fingerprint density at radius 3 is 2.48 bits per heavy atom. The molecule has 6 nitrogen and oxygen atoms in total. The third-order valence-electron chi connectivity index (χ3n) is 3.65. The summed E-state index contributed by atoms with van der Waals surface area (Å²) < 4.78 is 0.999. The minimum atomic E-state index is -0.307. The molecule has 4 aromatic rings. The zero-order chi connectivity index (χ0) is 15.8. The van der Waals surface area contributed by atoms with E-state index in [1.807, 2.05) is 42.5 Å². The van der Waals surface area contributed by atoms with E-state index in [9.17, 15) is 4.79 Å². The van der Waals surface area contributed by atoms with Crippen LogP contribution in [0.2, 0.25) is 0 Å². The second-order valence-electron chi connectivity index (χ2n) is 5.14. The SMILES string of the molecule is Nn1c(Nc2ccc3ccccc3n2)nc2ccccc2c1=O. The van der Waals surface area contributed by atoms with E-state index in [-0.39, 0.29) is 11.5 Å². The zero-order valence-corrected chi connectivity index (χ0v) is 12.1. The molecule has 3 N–H and O–H groups in total. The van der Waals surface area contributed by atoms with E-state index in [2.05, 4.69) is 15.3 Å². The van der Waals surface area contributed by atoms with Crippen molar-refractivity contribution >= 4 is 33.6 Å². The molecule has 6 heteroatoms. The van der Waals surface area contributed by atoms with Gasteiger partial charge in [0.25, 0.3) is 5.56 Å². The lowest BCUT2D eigenvalue weighted by Gasteiger charge is -2.10. The van der Waals surface area contributed by atoms with Gasteiger partial charge in [0.2, 0.25) is 5.95 Å². The van der Waals surface area contributed by atoms with Gasteiger partial charge >= 0.3 is 0 Å². The van der Waals surface area contributed by atoms with Crippen LogP contribution in [0.1, 0.15) is 0 Å². The second kappa shape index (κ2) is 5.10. The van der Waals surface area contributed by atoms with Gasteiger partial charge in [0.15, 0.2) is 0 Å². The highest BCUT2D eigenvalue weighted by Crippen LogP contribution is 2.18. The fourth-order valence-corrected chi connectivity index (χ4v) is 2.48. The molecule has 0 aliphatic carbocycles. The van der Waals surface area contributed by atoms with E-state index in [1.54, 1.807) is 18.2 Å². The Morgan fingerprint density at radius 2 is 1.61 bits per heavy atom. The van der Waals surface area contributed by atoms with Crippen LogP contribution < -0.4 is 16.7 Å². The molecule has 112 valence electrons. The summed E-state index contributed by atoms with van der Waals surface area (Å²) in [7, 11) is 0. The van der Waals surface area contributed by atoms with Gasteiger partial charge in [0.1, 0.15) is 5.82 Å². The van der Waals surface area contributed by atoms with Gasteiger partial charge in [-0.25, -0.2) is 9.97 Å². The fraction of sp³-hybridized carbons (Fsp3) is 0. The number of nitrogens with zero attached hydrogens (tertiary/aromatic N) is 3. The van der Waals surface area contributed by atoms with Gasteiger partial charge in [-0.1, -0.05) is 30.3 Å². The summed E-state index contributed by atoms with van der Waals surface area (Å²) in [5.41, 5.74) is 1.13. The minimum absolute atomic E-state index is 0.247. The van der Waals surface area contributed by atoms with Crippen LogP contribution in [0.4, 0.5) is 11.8 Å². The first-order valence-corrected chi connectivity index (χ1v) is 7.12. The van der Waals surface area contributed by atoms with Crippen molar-refractivity contribution in [3.05, 3.63) is 71.0 Å². The summed E-state index contributed by atoms with van der Waals surface area (Å²) >= 11 is 0. The van der Waals surface area contributed by atoms with E-state index in [0.29, 0.717) is 16.7 Å². The van der Waals surface area contributed by atoms with Gasteiger partial charge in [0.05, 0.1) is 16.4 Å². The number of fused-ring (bicyclic) bond motifs is 2. The first-order chi connectivity index (χ1) is 11.2. The Balaban J connectivity index is 1.82. The second-order valence-corrected chi connectivity index (χ2v) is 5.14. The molecule has 0 spiro atoms. The smallest absolute Gasteiger partial charge is 0.281 e. The van der Waals surface area contributed by atoms with E-state index in [0.717, 1.165) is 15.6 Å². The normalized spacial score (nSPS) is 11.0. The summed E-state index contributed by atoms with van der Waals surface area (Å²) in [6.45, 7) is 0. The molecule has 2 aromatic carbocycles. The van der Waals surface area contributed by atoms with Gasteiger partial charge < -0.3 is 11.2 Å². The Labute approximate surface area is 131 Å². The number of para-hydroxylation sites is 2. The minimum Gasteiger partial charge on any atom is -0.333 e. The van der Waals surface area contributed by atoms with Gasteiger partial charge in [0, 0.05) is 5.39 Å². The Kier molecular flexibility index (Phi) is 2.94. The van der Waals surface area contributed by atoms with Crippen molar-refractivity contribution in [1.82, 2.24) is 14.6 Å². The Bertz CT molecular complexity index is 1090. The monoisotopic (exact) mass is 303 g/mol. The van der Waals surface area contributed by atoms with Crippen molar-refractivity contribution < 1.29 is 0 Å². The molecule has 4 rings (SSSR count). The van der Waals surface area contributed by atoms with E-state index < -0.39 is 0 Å². The molecule has 0 aliphatic heterocycles. The summed E-state index contributed by atoms with van der Waals surface area (Å²) in [6, 6.07) is 18.6. The number of nitrogens with one attached hydrogen (secondary N) is 1. The third-order valence-corrected chi connectivity index (χ3v) is 3.65. The molecule has 2 heterocycles. The summed E-state index contributed by atoms with van der Waals surface area (Å²) in [6.07, 6.45) is 0. The van der Waals surface area contributed by atoms with Crippen molar-refractivity contribution in [3.8, 4) is 0 Å². The largest absolute Gasteiger partial charge is 0.333 e. The number of benzene rings is 2. The lowest BCUT2D eigenvalue weighted by molar-refractivity contribution is 0.924. The number of nitrogen functional groups attached to an aromatic ring is 1.